The van der Waals surface area contributed by atoms with Gasteiger partial charge >= 0.3 is 0 Å². The van der Waals surface area contributed by atoms with E-state index in [-0.39, 0.29) is 58.1 Å². The van der Waals surface area contributed by atoms with E-state index in [9.17, 15) is 27.9 Å². The van der Waals surface area contributed by atoms with Gasteiger partial charge in [-0.1, -0.05) is 29.5 Å². The largest absolute Gasteiger partial charge is 0.394 e. The van der Waals surface area contributed by atoms with Crippen molar-refractivity contribution in [2.75, 3.05) is 23.4 Å². The molecule has 1 fully saturated rings. The molecule has 4 aromatic rings. The second kappa shape index (κ2) is 11.1. The molecule has 2 amide bonds. The number of aryl methyl sites for hydroxylation is 1. The van der Waals surface area contributed by atoms with Crippen LogP contribution in [-0.4, -0.2) is 59.8 Å². The van der Waals surface area contributed by atoms with Gasteiger partial charge in [0.2, 0.25) is 11.9 Å². The molecule has 3 aromatic heterocycles. The lowest BCUT2D eigenvalue weighted by Crippen LogP contribution is -2.28. The van der Waals surface area contributed by atoms with Crippen molar-refractivity contribution in [1.82, 2.24) is 29.7 Å². The van der Waals surface area contributed by atoms with Crippen LogP contribution in [0.5, 0.6) is 0 Å². The lowest BCUT2D eigenvalue weighted by molar-refractivity contribution is -0.119. The minimum atomic E-state index is -3.03. The highest BCUT2D eigenvalue weighted by Gasteiger charge is 2.44. The zero-order chi connectivity index (χ0) is 30.4. The number of amides is 2. The number of fused-ring (bicyclic) bond motifs is 1. The predicted octanol–water partition coefficient (Wildman–Crippen LogP) is 3.60. The SMILES string of the molecule is Cc1ncc(-c2c(C(F)F)ccc(Cl)c2F)nc1C(=O)Nc1cnn(C(CO)c2cnc(N3C[C@H]4C#C[C@H]4C3=O)nc2)c1. The number of hydrogen-bond acceptors (Lipinski definition) is 8. The molecule has 0 radical (unpaired) electrons. The Hall–Kier alpha value is -4.87. The number of nitrogens with one attached hydrogen (secondary N) is 1. The van der Waals surface area contributed by atoms with Gasteiger partial charge in [0.05, 0.1) is 47.0 Å². The van der Waals surface area contributed by atoms with E-state index in [0.29, 0.717) is 12.1 Å². The second-order valence-electron chi connectivity index (χ2n) is 9.82. The van der Waals surface area contributed by atoms with Gasteiger partial charge in [-0.3, -0.25) is 24.2 Å². The summed E-state index contributed by atoms with van der Waals surface area (Å²) in [5, 5.41) is 16.5. The van der Waals surface area contributed by atoms with Gasteiger partial charge in [-0.2, -0.15) is 5.10 Å². The average molecular weight is 609 g/mol. The summed E-state index contributed by atoms with van der Waals surface area (Å²) in [5.74, 6) is 3.70. The molecule has 15 heteroatoms. The van der Waals surface area contributed by atoms with E-state index < -0.39 is 35.3 Å². The number of aromatic nitrogens is 6. The number of carbonyl (C=O) groups is 2. The van der Waals surface area contributed by atoms with Crippen molar-refractivity contribution in [3.63, 3.8) is 0 Å². The van der Waals surface area contributed by atoms with Crippen LogP contribution in [0.1, 0.15) is 39.8 Å². The number of benzene rings is 1. The fourth-order valence-electron chi connectivity index (χ4n) is 4.84. The summed E-state index contributed by atoms with van der Waals surface area (Å²) >= 11 is 5.82. The van der Waals surface area contributed by atoms with Gasteiger partial charge in [0.1, 0.15) is 17.7 Å². The topological polar surface area (TPSA) is 139 Å². The van der Waals surface area contributed by atoms with E-state index in [2.05, 4.69) is 42.2 Å². The molecule has 0 saturated carbocycles. The molecule has 0 spiro atoms. The van der Waals surface area contributed by atoms with Crippen molar-refractivity contribution in [1.29, 1.82) is 0 Å². The molecule has 1 saturated heterocycles. The van der Waals surface area contributed by atoms with Gasteiger partial charge in [-0.05, 0) is 13.0 Å². The summed E-state index contributed by atoms with van der Waals surface area (Å²) in [5.41, 5.74) is -0.849. The lowest BCUT2D eigenvalue weighted by atomic mass is 9.89. The van der Waals surface area contributed by atoms with Gasteiger partial charge in [0.25, 0.3) is 12.3 Å². The van der Waals surface area contributed by atoms with E-state index in [1.54, 1.807) is 0 Å². The second-order valence-corrected chi connectivity index (χ2v) is 10.2. The summed E-state index contributed by atoms with van der Waals surface area (Å²) < 4.78 is 43.4. The molecular weight excluding hydrogens is 589 g/mol. The van der Waals surface area contributed by atoms with E-state index in [1.807, 2.05) is 0 Å². The van der Waals surface area contributed by atoms with Crippen LogP contribution >= 0.6 is 11.6 Å². The molecule has 1 unspecified atom stereocenters. The molecule has 2 aliphatic rings. The smallest absolute Gasteiger partial charge is 0.276 e. The first-order valence-electron chi connectivity index (χ1n) is 12.9. The molecule has 1 aliphatic heterocycles. The number of carbonyl (C=O) groups excluding carboxylic acids is 2. The van der Waals surface area contributed by atoms with Gasteiger partial charge in [0, 0.05) is 41.8 Å². The maximum atomic E-state index is 14.8. The van der Waals surface area contributed by atoms with Crippen molar-refractivity contribution in [3.05, 3.63) is 76.5 Å². The first-order chi connectivity index (χ1) is 20.7. The standard InChI is InChI=1S/C28H20ClF3N8O3/c1-13-24(38-20(9-33-13)22-18(25(31)32)4-5-19(29)23(22)30)26(42)37-16-8-36-40(11-16)21(12-41)15-6-34-28(35-7-15)39-10-14-2-3-17(14)27(39)43/h4-9,11,14,17,21,25,41H,10,12H2,1H3,(H,37,42)/t14-,17-,21?/m1/s1. The van der Waals surface area contributed by atoms with Crippen LogP contribution in [-0.2, 0) is 4.79 Å². The van der Waals surface area contributed by atoms with E-state index >= 15 is 0 Å². The number of halogens is 4. The normalized spacial score (nSPS) is 17.7. The molecule has 2 N–H and O–H groups in total. The summed E-state index contributed by atoms with van der Waals surface area (Å²) in [6.07, 6.45) is 3.79. The van der Waals surface area contributed by atoms with Crippen molar-refractivity contribution in [2.24, 2.45) is 11.8 Å². The van der Waals surface area contributed by atoms with Crippen LogP contribution in [0.4, 0.5) is 24.8 Å². The molecule has 0 bridgehead atoms. The maximum absolute atomic E-state index is 14.8. The van der Waals surface area contributed by atoms with Crippen molar-refractivity contribution >= 4 is 35.1 Å². The molecule has 4 heterocycles. The average Bonchev–Trinajstić information content (AvgIpc) is 3.51. The van der Waals surface area contributed by atoms with E-state index in [0.717, 1.165) is 18.3 Å². The molecule has 6 rings (SSSR count). The quantitative estimate of drug-likeness (QED) is 0.289. The van der Waals surface area contributed by atoms with Gasteiger partial charge in [-0.15, -0.1) is 0 Å². The van der Waals surface area contributed by atoms with Crippen molar-refractivity contribution in [2.45, 2.75) is 19.4 Å². The van der Waals surface area contributed by atoms with Crippen molar-refractivity contribution in [3.8, 4) is 23.1 Å². The number of hydrogen-bond donors (Lipinski definition) is 2. The molecular formula is C28H20ClF3N8O3. The highest BCUT2D eigenvalue weighted by molar-refractivity contribution is 6.31. The van der Waals surface area contributed by atoms with Crippen LogP contribution < -0.4 is 10.2 Å². The Morgan fingerprint density at radius 3 is 2.58 bits per heavy atom. The highest BCUT2D eigenvalue weighted by atomic mass is 35.5. The van der Waals surface area contributed by atoms with Crippen molar-refractivity contribution < 1.29 is 27.9 Å². The molecule has 43 heavy (non-hydrogen) atoms. The molecule has 3 atom stereocenters. The number of rotatable bonds is 8. The van der Waals surface area contributed by atoms with E-state index in [4.69, 9.17) is 11.6 Å². The monoisotopic (exact) mass is 608 g/mol. The minimum absolute atomic E-state index is 0.0102. The number of aliphatic hydroxyl groups is 1. The van der Waals surface area contributed by atoms with Gasteiger partial charge in [0.15, 0.2) is 5.82 Å². The fraction of sp³-hybridized carbons (Fsp3) is 0.250. The van der Waals surface area contributed by atoms with Crippen LogP contribution in [0.2, 0.25) is 5.02 Å². The number of alkyl halides is 2. The van der Waals surface area contributed by atoms with Gasteiger partial charge < -0.3 is 10.4 Å². The maximum Gasteiger partial charge on any atom is 0.276 e. The molecule has 11 nitrogen and oxygen atoms in total. The third-order valence-corrected chi connectivity index (χ3v) is 7.45. The third kappa shape index (κ3) is 5.06. The fourth-order valence-corrected chi connectivity index (χ4v) is 5.00. The number of nitrogens with zero attached hydrogens (tertiary/aromatic N) is 7. The summed E-state index contributed by atoms with van der Waals surface area (Å²) in [6, 6.07) is 1.28. The first kappa shape index (κ1) is 28.3. The Morgan fingerprint density at radius 1 is 1.19 bits per heavy atom. The highest BCUT2D eigenvalue weighted by Crippen LogP contribution is 2.36. The zero-order valence-corrected chi connectivity index (χ0v) is 22.9. The number of anilines is 2. The van der Waals surface area contributed by atoms with Crippen LogP contribution in [0.25, 0.3) is 11.3 Å². The Morgan fingerprint density at radius 2 is 1.95 bits per heavy atom. The molecule has 1 aromatic carbocycles. The van der Waals surface area contributed by atoms with Gasteiger partial charge in [-0.25, -0.2) is 28.1 Å². The Balaban J connectivity index is 1.20. The lowest BCUT2D eigenvalue weighted by Gasteiger charge is -2.17. The Kier molecular flexibility index (Phi) is 7.28. The third-order valence-electron chi connectivity index (χ3n) is 7.16. The molecule has 1 aliphatic carbocycles. The number of aliphatic hydroxyl groups excluding tert-OH is 1. The van der Waals surface area contributed by atoms with Crippen LogP contribution in [0.3, 0.4) is 0 Å². The minimum Gasteiger partial charge on any atom is -0.394 e. The van der Waals surface area contributed by atoms with E-state index in [1.165, 1.54) is 41.3 Å². The zero-order valence-electron chi connectivity index (χ0n) is 22.2. The Labute approximate surface area is 246 Å². The predicted molar refractivity (Wildman–Crippen MR) is 147 cm³/mol. The summed E-state index contributed by atoms with van der Waals surface area (Å²) in [6.45, 7) is 1.52. The molecule has 218 valence electrons. The van der Waals surface area contributed by atoms with Crippen LogP contribution in [0.15, 0.2) is 43.1 Å². The van der Waals surface area contributed by atoms with Crippen LogP contribution in [0, 0.1) is 36.4 Å². The summed E-state index contributed by atoms with van der Waals surface area (Å²) in [7, 11) is 0. The first-order valence-corrected chi connectivity index (χ1v) is 13.2. The summed E-state index contributed by atoms with van der Waals surface area (Å²) in [4.78, 5) is 43.8. The Bertz CT molecular complexity index is 1820.